The highest BCUT2D eigenvalue weighted by atomic mass is 32.2. The Kier molecular flexibility index (Phi) is 2.72. The highest BCUT2D eigenvalue weighted by molar-refractivity contribution is 7.92. The molecule has 0 aliphatic rings. The van der Waals surface area contributed by atoms with Crippen LogP contribution in [0.1, 0.15) is 9.67 Å². The van der Waals surface area contributed by atoms with Gasteiger partial charge in [-0.15, -0.1) is 11.3 Å². The van der Waals surface area contributed by atoms with Crippen LogP contribution in [0.5, 0.6) is 0 Å². The molecule has 6 heteroatoms. The molecule has 0 amide bonds. The Hall–Kier alpha value is -0.880. The van der Waals surface area contributed by atoms with Gasteiger partial charge < -0.3 is 5.11 Å². The van der Waals surface area contributed by atoms with Crippen LogP contribution in [0, 0.1) is 0 Å². The fourth-order valence-electron chi connectivity index (χ4n) is 0.708. The van der Waals surface area contributed by atoms with Gasteiger partial charge in [0, 0.05) is 22.2 Å². The van der Waals surface area contributed by atoms with Gasteiger partial charge in [0.15, 0.2) is 0 Å². The topological polar surface area (TPSA) is 66.7 Å². The third kappa shape index (κ3) is 3.16. The number of hydrogen-bond donors (Lipinski definition) is 1. The van der Waals surface area contributed by atoms with Crippen LogP contribution in [0.2, 0.25) is 0 Å². The van der Waals surface area contributed by atoms with Gasteiger partial charge in [-0.25, -0.2) is 9.00 Å². The van der Waals surface area contributed by atoms with Crippen LogP contribution >= 0.6 is 11.3 Å². The number of hydrogen-bond acceptors (Lipinski definition) is 4. The van der Waals surface area contributed by atoms with E-state index >= 15 is 0 Å². The number of rotatable bonds is 2. The van der Waals surface area contributed by atoms with E-state index in [1.165, 1.54) is 18.6 Å². The van der Waals surface area contributed by atoms with Crippen molar-refractivity contribution in [1.82, 2.24) is 0 Å². The van der Waals surface area contributed by atoms with E-state index < -0.39 is 15.7 Å². The highest BCUT2D eigenvalue weighted by Crippen LogP contribution is 2.25. The fraction of sp³-hybridized carbons (Fsp3) is 0.286. The molecule has 0 spiro atoms. The number of nitrogens with zero attached hydrogens (tertiary/aromatic N) is 1. The van der Waals surface area contributed by atoms with E-state index in [0.717, 1.165) is 11.3 Å². The van der Waals surface area contributed by atoms with E-state index in [9.17, 15) is 9.00 Å². The molecule has 0 unspecified atom stereocenters. The van der Waals surface area contributed by atoms with Crippen molar-refractivity contribution in [2.75, 3.05) is 12.5 Å². The number of aromatic carboxylic acids is 1. The second kappa shape index (κ2) is 3.47. The molecule has 0 aliphatic carbocycles. The summed E-state index contributed by atoms with van der Waals surface area (Å²) in [7, 11) is -2.20. The third-order valence-electron chi connectivity index (χ3n) is 1.11. The summed E-state index contributed by atoms with van der Waals surface area (Å²) in [6.45, 7) is 0. The molecule has 0 fully saturated rings. The molecule has 0 radical (unpaired) electrons. The van der Waals surface area contributed by atoms with Crippen LogP contribution in [0.15, 0.2) is 16.5 Å². The number of carboxylic acids is 1. The maximum absolute atomic E-state index is 11.2. The first-order valence-electron chi connectivity index (χ1n) is 3.39. The lowest BCUT2D eigenvalue weighted by Gasteiger charge is -1.90. The average molecular weight is 219 g/mol. The zero-order chi connectivity index (χ0) is 10.1. The molecule has 1 aromatic heterocycles. The van der Waals surface area contributed by atoms with Gasteiger partial charge in [0.05, 0.1) is 0 Å². The summed E-state index contributed by atoms with van der Waals surface area (Å²) in [5.74, 6) is -0.981. The first kappa shape index (κ1) is 10.2. The van der Waals surface area contributed by atoms with Gasteiger partial charge in [-0.3, -0.25) is 0 Å². The van der Waals surface area contributed by atoms with Crippen LogP contribution in [0.3, 0.4) is 0 Å². The monoisotopic (exact) mass is 219 g/mol. The average Bonchev–Trinajstić information content (AvgIpc) is 2.31. The van der Waals surface area contributed by atoms with E-state index in [2.05, 4.69) is 4.36 Å². The number of carboxylic acid groups (broad SMARTS) is 1. The van der Waals surface area contributed by atoms with Crippen molar-refractivity contribution in [2.24, 2.45) is 4.36 Å². The Morgan fingerprint density at radius 2 is 2.15 bits per heavy atom. The van der Waals surface area contributed by atoms with Crippen molar-refractivity contribution in [3.05, 3.63) is 17.0 Å². The first-order valence-corrected chi connectivity index (χ1v) is 6.53. The minimum absolute atomic E-state index is 0.211. The van der Waals surface area contributed by atoms with Crippen molar-refractivity contribution < 1.29 is 14.1 Å². The molecule has 0 bridgehead atoms. The largest absolute Gasteiger partial charge is 0.477 e. The van der Waals surface area contributed by atoms with Gasteiger partial charge in [-0.05, 0) is 12.1 Å². The van der Waals surface area contributed by atoms with Crippen molar-refractivity contribution in [2.45, 2.75) is 0 Å². The molecule has 0 aliphatic heterocycles. The molecule has 0 saturated carbocycles. The van der Waals surface area contributed by atoms with E-state index in [1.54, 1.807) is 6.07 Å². The highest BCUT2D eigenvalue weighted by Gasteiger charge is 2.06. The normalized spacial score (nSPS) is 11.2. The molecule has 0 atom stereocenters. The predicted molar refractivity (Wildman–Crippen MR) is 53.4 cm³/mol. The predicted octanol–water partition coefficient (Wildman–Crippen LogP) is 1.81. The van der Waals surface area contributed by atoms with Crippen LogP contribution < -0.4 is 0 Å². The van der Waals surface area contributed by atoms with Gasteiger partial charge in [0.25, 0.3) is 0 Å². The summed E-state index contributed by atoms with van der Waals surface area (Å²) in [6.07, 6.45) is 3.01. The third-order valence-corrected chi connectivity index (χ3v) is 2.83. The van der Waals surface area contributed by atoms with Gasteiger partial charge in [0.2, 0.25) is 0 Å². The summed E-state index contributed by atoms with van der Waals surface area (Å²) in [5.41, 5.74) is 0. The smallest absolute Gasteiger partial charge is 0.345 e. The Balaban J connectivity index is 3.08. The second-order valence-corrected chi connectivity index (χ2v) is 6.32. The molecule has 72 valence electrons. The first-order chi connectivity index (χ1) is 5.88. The minimum atomic E-state index is -2.20. The molecule has 1 aromatic rings. The van der Waals surface area contributed by atoms with Gasteiger partial charge in [-0.1, -0.05) is 0 Å². The SMILES string of the molecule is CS(C)(=O)=Nc1ccc(C(=O)O)s1. The summed E-state index contributed by atoms with van der Waals surface area (Å²) >= 11 is 1.02. The quantitative estimate of drug-likeness (QED) is 0.824. The zero-order valence-electron chi connectivity index (χ0n) is 7.18. The maximum Gasteiger partial charge on any atom is 0.345 e. The van der Waals surface area contributed by atoms with Crippen molar-refractivity contribution >= 4 is 32.0 Å². The van der Waals surface area contributed by atoms with Gasteiger partial charge >= 0.3 is 5.97 Å². The van der Waals surface area contributed by atoms with Gasteiger partial charge in [0.1, 0.15) is 9.88 Å². The molecule has 1 rings (SSSR count). The van der Waals surface area contributed by atoms with E-state index in [0.29, 0.717) is 5.00 Å². The Morgan fingerprint density at radius 3 is 2.54 bits per heavy atom. The van der Waals surface area contributed by atoms with E-state index in [4.69, 9.17) is 5.11 Å². The van der Waals surface area contributed by atoms with E-state index in [-0.39, 0.29) is 4.88 Å². The summed E-state index contributed by atoms with van der Waals surface area (Å²) in [6, 6.07) is 3.01. The lowest BCUT2D eigenvalue weighted by Crippen LogP contribution is -1.89. The van der Waals surface area contributed by atoms with E-state index in [1.807, 2.05) is 0 Å². The Morgan fingerprint density at radius 1 is 1.54 bits per heavy atom. The summed E-state index contributed by atoms with van der Waals surface area (Å²) < 4.78 is 15.1. The van der Waals surface area contributed by atoms with Crippen LogP contribution in [-0.2, 0) is 9.73 Å². The summed E-state index contributed by atoms with van der Waals surface area (Å²) in [4.78, 5) is 10.7. The van der Waals surface area contributed by atoms with Gasteiger partial charge in [-0.2, -0.15) is 4.36 Å². The molecule has 1 N–H and O–H groups in total. The fourth-order valence-corrected chi connectivity index (χ4v) is 2.47. The Bertz CT molecular complexity index is 432. The molecule has 0 aromatic carbocycles. The maximum atomic E-state index is 11.2. The van der Waals surface area contributed by atoms with Crippen molar-refractivity contribution in [3.8, 4) is 0 Å². The molecule has 13 heavy (non-hydrogen) atoms. The standard InChI is InChI=1S/C7H9NO3S2/c1-13(2,11)8-6-4-3-5(12-6)7(9)10/h3-4H,1-2H3,(H,9,10). The van der Waals surface area contributed by atoms with Crippen LogP contribution in [-0.4, -0.2) is 27.8 Å². The van der Waals surface area contributed by atoms with Crippen molar-refractivity contribution in [1.29, 1.82) is 0 Å². The minimum Gasteiger partial charge on any atom is -0.477 e. The lowest BCUT2D eigenvalue weighted by atomic mass is 10.5. The molecule has 0 saturated heterocycles. The van der Waals surface area contributed by atoms with Crippen LogP contribution in [0.4, 0.5) is 5.00 Å². The van der Waals surface area contributed by atoms with Crippen molar-refractivity contribution in [3.63, 3.8) is 0 Å². The molecule has 4 nitrogen and oxygen atoms in total. The molecular weight excluding hydrogens is 210 g/mol. The lowest BCUT2D eigenvalue weighted by molar-refractivity contribution is 0.0702. The summed E-state index contributed by atoms with van der Waals surface area (Å²) in [5, 5.41) is 9.09. The Labute approximate surface area is 80.4 Å². The zero-order valence-corrected chi connectivity index (χ0v) is 8.82. The van der Waals surface area contributed by atoms with Crippen LogP contribution in [0.25, 0.3) is 0 Å². The molecular formula is C7H9NO3S2. The number of carbonyl (C=O) groups is 1. The number of thiophene rings is 1. The second-order valence-electron chi connectivity index (χ2n) is 2.72. The molecule has 1 heterocycles.